The van der Waals surface area contributed by atoms with Crippen molar-refractivity contribution in [1.82, 2.24) is 5.16 Å². The van der Waals surface area contributed by atoms with Gasteiger partial charge in [-0.3, -0.25) is 4.79 Å². The normalized spacial score (nSPS) is 11.2. The third kappa shape index (κ3) is 5.24. The molecule has 0 spiro atoms. The molecule has 1 heterocycles. The predicted molar refractivity (Wildman–Crippen MR) is 114 cm³/mol. The molecule has 0 aliphatic heterocycles. The number of hydrogen-bond acceptors (Lipinski definition) is 6. The summed E-state index contributed by atoms with van der Waals surface area (Å²) in [6.45, 7) is 3.10. The second-order valence-electron chi connectivity index (χ2n) is 6.26. The maximum atomic E-state index is 12.5. The van der Waals surface area contributed by atoms with Crippen molar-refractivity contribution in [2.24, 2.45) is 0 Å². The molecule has 11 heteroatoms. The number of amides is 1. The molecule has 0 aliphatic carbocycles. The van der Waals surface area contributed by atoms with Gasteiger partial charge in [0.1, 0.15) is 5.75 Å². The number of ether oxygens (including phenoxy) is 1. The van der Waals surface area contributed by atoms with E-state index in [1.54, 1.807) is 26.0 Å². The molecule has 3 aromatic rings. The number of aryl methyl sites for hydroxylation is 1. The number of benzene rings is 2. The number of rotatable bonds is 7. The van der Waals surface area contributed by atoms with Crippen LogP contribution in [-0.4, -0.2) is 26.1 Å². The molecule has 0 aliphatic rings. The Kier molecular flexibility index (Phi) is 6.55. The van der Waals surface area contributed by atoms with Crippen LogP contribution in [0, 0.1) is 13.8 Å². The van der Waals surface area contributed by atoms with Crippen LogP contribution in [0.5, 0.6) is 5.75 Å². The molecule has 2 N–H and O–H groups in total. The van der Waals surface area contributed by atoms with Gasteiger partial charge >= 0.3 is 0 Å². The summed E-state index contributed by atoms with van der Waals surface area (Å²) in [5.41, 5.74) is 1.58. The fourth-order valence-corrected chi connectivity index (χ4v) is 3.72. The minimum atomic E-state index is -3.87. The molecule has 0 atom stereocenters. The number of anilines is 2. The zero-order chi connectivity index (χ0) is 21.9. The minimum Gasteiger partial charge on any atom is -0.482 e. The van der Waals surface area contributed by atoms with Gasteiger partial charge in [0.25, 0.3) is 15.9 Å². The number of carbonyl (C=O) groups is 1. The largest absolute Gasteiger partial charge is 0.482 e. The summed E-state index contributed by atoms with van der Waals surface area (Å²) in [4.78, 5) is 12.1. The van der Waals surface area contributed by atoms with Gasteiger partial charge in [-0.2, -0.15) is 0 Å². The van der Waals surface area contributed by atoms with E-state index in [9.17, 15) is 13.2 Å². The van der Waals surface area contributed by atoms with Crippen LogP contribution in [-0.2, 0) is 14.8 Å². The van der Waals surface area contributed by atoms with Crippen LogP contribution in [0.2, 0.25) is 10.0 Å². The summed E-state index contributed by atoms with van der Waals surface area (Å²) in [6.07, 6.45) is 0. The molecule has 0 bridgehead atoms. The third-order valence-electron chi connectivity index (χ3n) is 4.08. The number of sulfonamides is 1. The summed E-state index contributed by atoms with van der Waals surface area (Å²) in [6, 6.07) is 10.3. The van der Waals surface area contributed by atoms with Crippen molar-refractivity contribution >= 4 is 50.7 Å². The van der Waals surface area contributed by atoms with Crippen molar-refractivity contribution in [1.29, 1.82) is 0 Å². The SMILES string of the molecule is Cc1noc(NS(=O)(=O)c2ccc(NC(=O)COc3cc(Cl)ccc3Cl)cc2)c1C. The molecule has 0 saturated heterocycles. The Hall–Kier alpha value is -2.75. The standard InChI is InChI=1S/C19H17Cl2N3O5S/c1-11-12(2)23-29-19(11)24-30(26,27)15-6-4-14(5-7-15)22-18(25)10-28-17-9-13(20)3-8-16(17)21/h3-9,24H,10H2,1-2H3,(H,22,25). The lowest BCUT2D eigenvalue weighted by atomic mass is 10.3. The number of nitrogens with one attached hydrogen (secondary N) is 2. The molecule has 0 fully saturated rings. The van der Waals surface area contributed by atoms with Gasteiger partial charge in [0.2, 0.25) is 5.88 Å². The Morgan fingerprint density at radius 1 is 1.13 bits per heavy atom. The first kappa shape index (κ1) is 21.9. The highest BCUT2D eigenvalue weighted by Gasteiger charge is 2.19. The van der Waals surface area contributed by atoms with E-state index in [4.69, 9.17) is 32.5 Å². The van der Waals surface area contributed by atoms with E-state index in [2.05, 4.69) is 15.2 Å². The lowest BCUT2D eigenvalue weighted by molar-refractivity contribution is -0.118. The molecule has 30 heavy (non-hydrogen) atoms. The number of nitrogens with zero attached hydrogens (tertiary/aromatic N) is 1. The molecule has 1 aromatic heterocycles. The maximum Gasteiger partial charge on any atom is 0.264 e. The Balaban J connectivity index is 1.61. The highest BCUT2D eigenvalue weighted by molar-refractivity contribution is 7.92. The maximum absolute atomic E-state index is 12.5. The summed E-state index contributed by atoms with van der Waals surface area (Å²) in [5, 5.41) is 7.07. The van der Waals surface area contributed by atoms with Crippen LogP contribution in [0.4, 0.5) is 11.6 Å². The zero-order valence-corrected chi connectivity index (χ0v) is 18.2. The van der Waals surface area contributed by atoms with Crippen molar-refractivity contribution < 1.29 is 22.5 Å². The lowest BCUT2D eigenvalue weighted by Gasteiger charge is -2.10. The lowest BCUT2D eigenvalue weighted by Crippen LogP contribution is -2.20. The highest BCUT2D eigenvalue weighted by Crippen LogP contribution is 2.27. The van der Waals surface area contributed by atoms with Crippen LogP contribution < -0.4 is 14.8 Å². The van der Waals surface area contributed by atoms with Gasteiger partial charge in [0, 0.05) is 22.3 Å². The molecular weight excluding hydrogens is 453 g/mol. The van der Waals surface area contributed by atoms with Gasteiger partial charge in [-0.15, -0.1) is 0 Å². The first-order valence-corrected chi connectivity index (χ1v) is 10.8. The quantitative estimate of drug-likeness (QED) is 0.529. The highest BCUT2D eigenvalue weighted by atomic mass is 35.5. The second kappa shape index (κ2) is 8.95. The molecule has 1 amide bonds. The Bertz CT molecular complexity index is 1180. The molecule has 3 rings (SSSR count). The molecule has 158 valence electrons. The molecule has 2 aromatic carbocycles. The molecular formula is C19H17Cl2N3O5S. The van der Waals surface area contributed by atoms with E-state index >= 15 is 0 Å². The molecule has 8 nitrogen and oxygen atoms in total. The Morgan fingerprint density at radius 3 is 2.47 bits per heavy atom. The van der Waals surface area contributed by atoms with Gasteiger partial charge in [-0.1, -0.05) is 28.4 Å². The van der Waals surface area contributed by atoms with E-state index in [-0.39, 0.29) is 23.1 Å². The summed E-state index contributed by atoms with van der Waals surface area (Å²) in [5.74, 6) is -0.112. The van der Waals surface area contributed by atoms with Crippen LogP contribution in [0.3, 0.4) is 0 Å². The summed E-state index contributed by atoms with van der Waals surface area (Å²) < 4.78 is 37.7. The second-order valence-corrected chi connectivity index (χ2v) is 8.79. The first-order chi connectivity index (χ1) is 14.2. The van der Waals surface area contributed by atoms with Crippen LogP contribution in [0.15, 0.2) is 51.9 Å². The molecule has 0 unspecified atom stereocenters. The van der Waals surface area contributed by atoms with Crippen LogP contribution in [0.25, 0.3) is 0 Å². The number of aromatic nitrogens is 1. The summed E-state index contributed by atoms with van der Waals surface area (Å²) >= 11 is 11.9. The van der Waals surface area contributed by atoms with E-state index in [0.29, 0.717) is 27.0 Å². The van der Waals surface area contributed by atoms with Crippen LogP contribution in [0.1, 0.15) is 11.3 Å². The molecule has 0 saturated carbocycles. The monoisotopic (exact) mass is 469 g/mol. The van der Waals surface area contributed by atoms with E-state index in [0.717, 1.165) is 0 Å². The predicted octanol–water partition coefficient (Wildman–Crippen LogP) is 4.42. The van der Waals surface area contributed by atoms with E-state index in [1.165, 1.54) is 30.3 Å². The first-order valence-electron chi connectivity index (χ1n) is 8.59. The fraction of sp³-hybridized carbons (Fsp3) is 0.158. The van der Waals surface area contributed by atoms with Crippen LogP contribution >= 0.6 is 23.2 Å². The van der Waals surface area contributed by atoms with Crippen molar-refractivity contribution in [3.8, 4) is 5.75 Å². The topological polar surface area (TPSA) is 111 Å². The number of halogens is 2. The fourth-order valence-electron chi connectivity index (χ4n) is 2.34. The van der Waals surface area contributed by atoms with Gasteiger partial charge in [0.15, 0.2) is 6.61 Å². The van der Waals surface area contributed by atoms with E-state index in [1.807, 2.05) is 0 Å². The zero-order valence-electron chi connectivity index (χ0n) is 15.9. The van der Waals surface area contributed by atoms with E-state index < -0.39 is 15.9 Å². The Labute approximate surface area is 183 Å². The van der Waals surface area contributed by atoms with Crippen molar-refractivity contribution in [2.75, 3.05) is 16.6 Å². The average molecular weight is 470 g/mol. The van der Waals surface area contributed by atoms with Crippen molar-refractivity contribution in [2.45, 2.75) is 18.7 Å². The number of carbonyl (C=O) groups excluding carboxylic acids is 1. The van der Waals surface area contributed by atoms with Gasteiger partial charge in [0.05, 0.1) is 15.6 Å². The minimum absolute atomic E-state index is 0.00379. The Morgan fingerprint density at radius 2 is 1.83 bits per heavy atom. The number of hydrogen-bond donors (Lipinski definition) is 2. The molecule has 0 radical (unpaired) electrons. The van der Waals surface area contributed by atoms with Gasteiger partial charge in [-0.05, 0) is 50.2 Å². The smallest absolute Gasteiger partial charge is 0.264 e. The average Bonchev–Trinajstić information content (AvgIpc) is 3.01. The van der Waals surface area contributed by atoms with Gasteiger partial charge in [-0.25, -0.2) is 13.1 Å². The van der Waals surface area contributed by atoms with Crippen molar-refractivity contribution in [3.63, 3.8) is 0 Å². The third-order valence-corrected chi connectivity index (χ3v) is 5.98. The summed E-state index contributed by atoms with van der Waals surface area (Å²) in [7, 11) is -3.87. The van der Waals surface area contributed by atoms with Crippen molar-refractivity contribution in [3.05, 3.63) is 63.8 Å². The van der Waals surface area contributed by atoms with Gasteiger partial charge < -0.3 is 14.6 Å².